The SMILES string of the molecule is NC(=O)c1nc(CCC(F)(F)C(F)(F)F)c2ncccn12. The van der Waals surface area contributed by atoms with E-state index in [0.717, 1.165) is 4.40 Å². The van der Waals surface area contributed by atoms with Gasteiger partial charge in [0.25, 0.3) is 5.91 Å². The van der Waals surface area contributed by atoms with Crippen LogP contribution in [0.25, 0.3) is 5.65 Å². The van der Waals surface area contributed by atoms with Gasteiger partial charge in [-0.1, -0.05) is 0 Å². The fourth-order valence-electron chi connectivity index (χ4n) is 1.75. The third kappa shape index (κ3) is 2.78. The van der Waals surface area contributed by atoms with Crippen LogP contribution in [0.1, 0.15) is 22.7 Å². The van der Waals surface area contributed by atoms with Crippen molar-refractivity contribution in [2.24, 2.45) is 5.73 Å². The fourth-order valence-corrected chi connectivity index (χ4v) is 1.75. The number of carbonyl (C=O) groups excluding carboxylic acids is 1. The topological polar surface area (TPSA) is 73.3 Å². The number of primary amides is 1. The molecule has 2 heterocycles. The molecule has 2 N–H and O–H groups in total. The van der Waals surface area contributed by atoms with E-state index in [2.05, 4.69) is 9.97 Å². The highest BCUT2D eigenvalue weighted by Crippen LogP contribution is 2.38. The molecule has 2 aromatic rings. The number of halogens is 5. The third-order valence-corrected chi connectivity index (χ3v) is 2.78. The minimum absolute atomic E-state index is 0.0178. The lowest BCUT2D eigenvalue weighted by molar-refractivity contribution is -0.284. The summed E-state index contributed by atoms with van der Waals surface area (Å²) in [6.07, 6.45) is -5.16. The first kappa shape index (κ1) is 15.1. The smallest absolute Gasteiger partial charge is 0.363 e. The lowest BCUT2D eigenvalue weighted by atomic mass is 10.1. The van der Waals surface area contributed by atoms with E-state index in [1.165, 1.54) is 18.5 Å². The zero-order chi connectivity index (χ0) is 15.8. The highest BCUT2D eigenvalue weighted by atomic mass is 19.4. The number of nitrogens with zero attached hydrogens (tertiary/aromatic N) is 3. The second-order valence-corrected chi connectivity index (χ2v) is 4.26. The molecule has 114 valence electrons. The van der Waals surface area contributed by atoms with Crippen LogP contribution in [-0.4, -0.2) is 32.4 Å². The number of amides is 1. The molecule has 0 bridgehead atoms. The van der Waals surface area contributed by atoms with Gasteiger partial charge in [0.1, 0.15) is 0 Å². The molecule has 0 unspecified atom stereocenters. The molecule has 2 aromatic heterocycles. The highest BCUT2D eigenvalue weighted by Gasteiger charge is 2.56. The number of fused-ring (bicyclic) bond motifs is 1. The second kappa shape index (κ2) is 4.93. The lowest BCUT2D eigenvalue weighted by Crippen LogP contribution is -2.36. The molecule has 0 aliphatic heterocycles. The first-order valence-electron chi connectivity index (χ1n) is 5.70. The van der Waals surface area contributed by atoms with Crippen molar-refractivity contribution in [3.63, 3.8) is 0 Å². The molecular formula is C11H9F5N4O. The Morgan fingerprint density at radius 3 is 2.52 bits per heavy atom. The van der Waals surface area contributed by atoms with Crippen molar-refractivity contribution in [1.29, 1.82) is 0 Å². The zero-order valence-electron chi connectivity index (χ0n) is 10.4. The third-order valence-electron chi connectivity index (χ3n) is 2.78. The number of imidazole rings is 1. The molecule has 0 atom stereocenters. The molecule has 0 saturated heterocycles. The number of alkyl halides is 5. The summed E-state index contributed by atoms with van der Waals surface area (Å²) in [5.74, 6) is -6.06. The lowest BCUT2D eigenvalue weighted by Gasteiger charge is -2.18. The first-order chi connectivity index (χ1) is 9.63. The number of nitrogens with two attached hydrogens (primary N) is 1. The Kier molecular flexibility index (Phi) is 3.56. The Morgan fingerprint density at radius 1 is 1.29 bits per heavy atom. The monoisotopic (exact) mass is 308 g/mol. The molecule has 0 radical (unpaired) electrons. The van der Waals surface area contributed by atoms with Crippen LogP contribution in [0.2, 0.25) is 0 Å². The average Bonchev–Trinajstić information content (AvgIpc) is 2.74. The zero-order valence-corrected chi connectivity index (χ0v) is 10.4. The summed E-state index contributed by atoms with van der Waals surface area (Å²) in [7, 11) is 0. The Balaban J connectivity index is 2.34. The summed E-state index contributed by atoms with van der Waals surface area (Å²) in [4.78, 5) is 18.7. The maximum atomic E-state index is 12.9. The first-order valence-corrected chi connectivity index (χ1v) is 5.70. The van der Waals surface area contributed by atoms with E-state index in [9.17, 15) is 26.7 Å². The van der Waals surface area contributed by atoms with E-state index in [1.54, 1.807) is 0 Å². The van der Waals surface area contributed by atoms with Crippen molar-refractivity contribution in [3.8, 4) is 0 Å². The predicted molar refractivity (Wildman–Crippen MR) is 60.8 cm³/mol. The van der Waals surface area contributed by atoms with Gasteiger partial charge in [-0.15, -0.1) is 0 Å². The van der Waals surface area contributed by atoms with Gasteiger partial charge in [0.2, 0.25) is 5.82 Å². The normalized spacial score (nSPS) is 12.8. The van der Waals surface area contributed by atoms with E-state index < -0.39 is 30.8 Å². The summed E-state index contributed by atoms with van der Waals surface area (Å²) >= 11 is 0. The van der Waals surface area contributed by atoms with Crippen molar-refractivity contribution in [3.05, 3.63) is 30.0 Å². The van der Waals surface area contributed by atoms with Crippen LogP contribution in [0, 0.1) is 0 Å². The molecule has 0 aromatic carbocycles. The summed E-state index contributed by atoms with van der Waals surface area (Å²) in [6.45, 7) is 0. The number of rotatable bonds is 4. The molecule has 21 heavy (non-hydrogen) atoms. The number of hydrogen-bond acceptors (Lipinski definition) is 3. The largest absolute Gasteiger partial charge is 0.453 e. The minimum atomic E-state index is -5.64. The molecule has 0 aliphatic rings. The van der Waals surface area contributed by atoms with Gasteiger partial charge in [-0.05, 0) is 12.5 Å². The summed E-state index contributed by atoms with van der Waals surface area (Å²) in [5.41, 5.74) is 4.94. The number of aryl methyl sites for hydroxylation is 1. The Labute approximate surface area is 114 Å². The Hall–Kier alpha value is -2.26. The van der Waals surface area contributed by atoms with Gasteiger partial charge in [-0.25, -0.2) is 9.97 Å². The molecule has 0 saturated carbocycles. The van der Waals surface area contributed by atoms with Crippen molar-refractivity contribution in [2.45, 2.75) is 24.9 Å². The van der Waals surface area contributed by atoms with E-state index in [1.807, 2.05) is 0 Å². The minimum Gasteiger partial charge on any atom is -0.363 e. The molecule has 5 nitrogen and oxygen atoms in total. The Morgan fingerprint density at radius 2 is 1.95 bits per heavy atom. The van der Waals surface area contributed by atoms with Crippen LogP contribution in [-0.2, 0) is 6.42 Å². The number of aromatic nitrogens is 3. The van der Waals surface area contributed by atoms with Crippen LogP contribution < -0.4 is 5.73 Å². The van der Waals surface area contributed by atoms with Crippen LogP contribution in [0.3, 0.4) is 0 Å². The maximum absolute atomic E-state index is 12.9. The van der Waals surface area contributed by atoms with Crippen molar-refractivity contribution < 1.29 is 26.7 Å². The van der Waals surface area contributed by atoms with Gasteiger partial charge in [-0.3, -0.25) is 9.20 Å². The van der Waals surface area contributed by atoms with Crippen LogP contribution in [0.5, 0.6) is 0 Å². The van der Waals surface area contributed by atoms with Gasteiger partial charge >= 0.3 is 12.1 Å². The number of carbonyl (C=O) groups is 1. The highest BCUT2D eigenvalue weighted by molar-refractivity contribution is 5.90. The molecular weight excluding hydrogens is 299 g/mol. The van der Waals surface area contributed by atoms with E-state index in [-0.39, 0.29) is 17.2 Å². The molecule has 10 heteroatoms. The molecule has 0 aliphatic carbocycles. The average molecular weight is 308 g/mol. The predicted octanol–water partition coefficient (Wildman–Crippen LogP) is 1.96. The van der Waals surface area contributed by atoms with Gasteiger partial charge in [0.05, 0.1) is 5.69 Å². The quantitative estimate of drug-likeness (QED) is 0.878. The van der Waals surface area contributed by atoms with Crippen molar-refractivity contribution in [1.82, 2.24) is 14.4 Å². The molecule has 1 amide bonds. The fraction of sp³-hybridized carbons (Fsp3) is 0.364. The van der Waals surface area contributed by atoms with Crippen LogP contribution >= 0.6 is 0 Å². The molecule has 2 rings (SSSR count). The standard InChI is InChI=1S/C11H9F5N4O/c12-10(13,11(14,15)16)3-2-6-8-18-4-1-5-20(8)9(19-6)7(17)21/h1,4-5H,2-3H2,(H2,17,21). The van der Waals surface area contributed by atoms with Gasteiger partial charge < -0.3 is 5.73 Å². The van der Waals surface area contributed by atoms with Crippen LogP contribution in [0.4, 0.5) is 22.0 Å². The molecule has 0 spiro atoms. The van der Waals surface area contributed by atoms with E-state index >= 15 is 0 Å². The number of hydrogen-bond donors (Lipinski definition) is 1. The van der Waals surface area contributed by atoms with Gasteiger partial charge in [0, 0.05) is 18.8 Å². The van der Waals surface area contributed by atoms with Crippen molar-refractivity contribution >= 4 is 11.6 Å². The van der Waals surface area contributed by atoms with E-state index in [0.29, 0.717) is 0 Å². The van der Waals surface area contributed by atoms with Gasteiger partial charge in [0.15, 0.2) is 5.65 Å². The van der Waals surface area contributed by atoms with Crippen molar-refractivity contribution in [2.75, 3.05) is 0 Å². The van der Waals surface area contributed by atoms with Gasteiger partial charge in [-0.2, -0.15) is 22.0 Å². The Bertz CT molecular complexity index is 679. The second-order valence-electron chi connectivity index (χ2n) is 4.26. The van der Waals surface area contributed by atoms with Crippen LogP contribution in [0.15, 0.2) is 18.5 Å². The summed E-state index contributed by atoms with van der Waals surface area (Å²) in [5, 5.41) is 0. The maximum Gasteiger partial charge on any atom is 0.453 e. The summed E-state index contributed by atoms with van der Waals surface area (Å²) in [6, 6.07) is 1.44. The van der Waals surface area contributed by atoms with E-state index in [4.69, 9.17) is 5.73 Å². The molecule has 0 fully saturated rings. The summed E-state index contributed by atoms with van der Waals surface area (Å²) < 4.78 is 63.3.